The molecule has 0 bridgehead atoms. The van der Waals surface area contributed by atoms with E-state index in [-0.39, 0.29) is 11.3 Å². The molecule has 0 fully saturated rings. The van der Waals surface area contributed by atoms with Crippen molar-refractivity contribution >= 4 is 23.3 Å². The van der Waals surface area contributed by atoms with Crippen LogP contribution in [0.2, 0.25) is 5.02 Å². The van der Waals surface area contributed by atoms with Gasteiger partial charge in [-0.15, -0.1) is 0 Å². The van der Waals surface area contributed by atoms with Crippen molar-refractivity contribution in [3.8, 4) is 0 Å². The number of anilines is 1. The third-order valence-corrected chi connectivity index (χ3v) is 1.97. The predicted molar refractivity (Wildman–Crippen MR) is 47.6 cm³/mol. The van der Waals surface area contributed by atoms with Gasteiger partial charge in [0.1, 0.15) is 0 Å². The zero-order valence-electron chi connectivity index (χ0n) is 6.47. The van der Waals surface area contributed by atoms with Gasteiger partial charge in [-0.3, -0.25) is 0 Å². The number of hydrogen-bond donors (Lipinski definition) is 2. The van der Waals surface area contributed by atoms with Gasteiger partial charge >= 0.3 is 5.97 Å². The molecule has 4 heteroatoms. The average molecular weight is 186 g/mol. The highest BCUT2D eigenvalue weighted by molar-refractivity contribution is 6.31. The van der Waals surface area contributed by atoms with Crippen LogP contribution in [0.3, 0.4) is 0 Å². The summed E-state index contributed by atoms with van der Waals surface area (Å²) in [6.45, 7) is 1.73. The quantitative estimate of drug-likeness (QED) is 0.658. The number of halogens is 1. The monoisotopic (exact) mass is 185 g/mol. The van der Waals surface area contributed by atoms with Crippen LogP contribution in [0.25, 0.3) is 0 Å². The lowest BCUT2D eigenvalue weighted by Gasteiger charge is -2.03. The Kier molecular flexibility index (Phi) is 2.24. The molecular weight excluding hydrogens is 178 g/mol. The molecule has 0 atom stereocenters. The minimum Gasteiger partial charge on any atom is -0.478 e. The van der Waals surface area contributed by atoms with Crippen molar-refractivity contribution in [1.29, 1.82) is 0 Å². The zero-order valence-corrected chi connectivity index (χ0v) is 7.22. The van der Waals surface area contributed by atoms with Gasteiger partial charge in [-0.25, -0.2) is 4.79 Å². The number of nitrogens with two attached hydrogens (primary N) is 1. The Bertz CT molecular complexity index is 336. The first kappa shape index (κ1) is 8.87. The van der Waals surface area contributed by atoms with Gasteiger partial charge in [0, 0.05) is 10.7 Å². The van der Waals surface area contributed by atoms with Gasteiger partial charge < -0.3 is 10.8 Å². The Morgan fingerprint density at radius 2 is 2.17 bits per heavy atom. The van der Waals surface area contributed by atoms with Crippen LogP contribution in [0.1, 0.15) is 15.9 Å². The first-order valence-electron chi connectivity index (χ1n) is 3.31. The van der Waals surface area contributed by atoms with Crippen LogP contribution in [0.5, 0.6) is 0 Å². The zero-order chi connectivity index (χ0) is 9.30. The fourth-order valence-electron chi connectivity index (χ4n) is 0.882. The predicted octanol–water partition coefficient (Wildman–Crippen LogP) is 1.93. The summed E-state index contributed by atoms with van der Waals surface area (Å²) in [6, 6.07) is 2.90. The van der Waals surface area contributed by atoms with Gasteiger partial charge in [-0.1, -0.05) is 11.6 Å². The van der Waals surface area contributed by atoms with Crippen LogP contribution >= 0.6 is 11.6 Å². The maximum Gasteiger partial charge on any atom is 0.337 e. The largest absolute Gasteiger partial charge is 0.478 e. The molecule has 1 rings (SSSR count). The summed E-state index contributed by atoms with van der Waals surface area (Å²) in [5.41, 5.74) is 6.42. The number of carboxylic acid groups (broad SMARTS) is 1. The Hall–Kier alpha value is -1.22. The van der Waals surface area contributed by atoms with Crippen molar-refractivity contribution < 1.29 is 9.90 Å². The Labute approximate surface area is 74.8 Å². The third kappa shape index (κ3) is 1.51. The van der Waals surface area contributed by atoms with E-state index in [2.05, 4.69) is 0 Å². The number of aromatic carboxylic acids is 1. The number of aryl methyl sites for hydroxylation is 1. The number of hydrogen-bond acceptors (Lipinski definition) is 2. The van der Waals surface area contributed by atoms with Crippen LogP contribution in [0.4, 0.5) is 5.69 Å². The van der Waals surface area contributed by atoms with E-state index in [1.807, 2.05) is 0 Å². The number of carboxylic acids is 1. The molecule has 1 aromatic rings. The summed E-state index contributed by atoms with van der Waals surface area (Å²) in [6.07, 6.45) is 0. The molecule has 64 valence electrons. The van der Waals surface area contributed by atoms with E-state index in [1.54, 1.807) is 6.92 Å². The second-order valence-corrected chi connectivity index (χ2v) is 2.90. The van der Waals surface area contributed by atoms with E-state index in [0.717, 1.165) is 0 Å². The second kappa shape index (κ2) is 3.03. The Morgan fingerprint density at radius 1 is 1.58 bits per heavy atom. The van der Waals surface area contributed by atoms with Crippen LogP contribution in [-0.2, 0) is 0 Å². The maximum absolute atomic E-state index is 10.6. The number of rotatable bonds is 1. The van der Waals surface area contributed by atoms with Crippen molar-refractivity contribution in [2.45, 2.75) is 6.92 Å². The molecule has 0 aliphatic rings. The molecule has 0 radical (unpaired) electrons. The highest BCUT2D eigenvalue weighted by Gasteiger charge is 2.09. The highest BCUT2D eigenvalue weighted by Crippen LogP contribution is 2.22. The summed E-state index contributed by atoms with van der Waals surface area (Å²) >= 11 is 5.72. The molecule has 0 saturated heterocycles. The van der Waals surface area contributed by atoms with Crippen LogP contribution in [0, 0.1) is 6.92 Å². The Morgan fingerprint density at radius 3 is 2.67 bits per heavy atom. The van der Waals surface area contributed by atoms with Gasteiger partial charge in [0.2, 0.25) is 0 Å². The van der Waals surface area contributed by atoms with Crippen molar-refractivity contribution in [2.24, 2.45) is 0 Å². The average Bonchev–Trinajstić information content (AvgIpc) is 1.96. The molecule has 0 aromatic heterocycles. The molecule has 0 amide bonds. The summed E-state index contributed by atoms with van der Waals surface area (Å²) in [7, 11) is 0. The standard InChI is InChI=1S/C8H8ClNO2/c1-4-2-5(8(11)12)7(10)3-6(4)9/h2-3H,10H2,1H3,(H,11,12). The summed E-state index contributed by atoms with van der Waals surface area (Å²) in [5.74, 6) is -1.03. The number of nitrogen functional groups attached to an aromatic ring is 1. The first-order valence-corrected chi connectivity index (χ1v) is 3.69. The topological polar surface area (TPSA) is 63.3 Å². The van der Waals surface area contributed by atoms with Gasteiger partial charge in [-0.2, -0.15) is 0 Å². The molecule has 0 spiro atoms. The molecular formula is C8H8ClNO2. The lowest BCUT2D eigenvalue weighted by molar-refractivity contribution is 0.0698. The summed E-state index contributed by atoms with van der Waals surface area (Å²) in [5, 5.41) is 9.14. The van der Waals surface area contributed by atoms with Gasteiger partial charge in [-0.05, 0) is 24.6 Å². The molecule has 0 aliphatic carbocycles. The van der Waals surface area contributed by atoms with Crippen LogP contribution in [0.15, 0.2) is 12.1 Å². The molecule has 3 nitrogen and oxygen atoms in total. The number of benzene rings is 1. The lowest BCUT2D eigenvalue weighted by Crippen LogP contribution is -2.02. The normalized spacial score (nSPS) is 9.83. The Balaban J connectivity index is 3.33. The molecule has 12 heavy (non-hydrogen) atoms. The highest BCUT2D eigenvalue weighted by atomic mass is 35.5. The van der Waals surface area contributed by atoms with E-state index in [4.69, 9.17) is 22.4 Å². The minimum absolute atomic E-state index is 0.0944. The molecule has 0 aliphatic heterocycles. The van der Waals surface area contributed by atoms with E-state index in [9.17, 15) is 4.79 Å². The summed E-state index contributed by atoms with van der Waals surface area (Å²) in [4.78, 5) is 10.6. The van der Waals surface area contributed by atoms with E-state index in [0.29, 0.717) is 10.6 Å². The van der Waals surface area contributed by atoms with Crippen LogP contribution in [-0.4, -0.2) is 11.1 Å². The van der Waals surface area contributed by atoms with Crippen molar-refractivity contribution in [3.05, 3.63) is 28.3 Å². The molecule has 3 N–H and O–H groups in total. The maximum atomic E-state index is 10.6. The molecule has 0 unspecified atom stereocenters. The summed E-state index contributed by atoms with van der Waals surface area (Å²) < 4.78 is 0. The van der Waals surface area contributed by atoms with Gasteiger partial charge in [0.05, 0.1) is 5.56 Å². The van der Waals surface area contributed by atoms with E-state index >= 15 is 0 Å². The van der Waals surface area contributed by atoms with Crippen molar-refractivity contribution in [1.82, 2.24) is 0 Å². The third-order valence-electron chi connectivity index (χ3n) is 1.56. The first-order chi connectivity index (χ1) is 5.52. The number of carbonyl (C=O) groups is 1. The molecule has 1 aromatic carbocycles. The SMILES string of the molecule is Cc1cc(C(=O)O)c(N)cc1Cl. The minimum atomic E-state index is -1.03. The molecule has 0 saturated carbocycles. The van der Waals surface area contributed by atoms with Gasteiger partial charge in [0.15, 0.2) is 0 Å². The fourth-order valence-corrected chi connectivity index (χ4v) is 1.05. The van der Waals surface area contributed by atoms with E-state index in [1.165, 1.54) is 12.1 Å². The smallest absolute Gasteiger partial charge is 0.337 e. The van der Waals surface area contributed by atoms with E-state index < -0.39 is 5.97 Å². The fraction of sp³-hybridized carbons (Fsp3) is 0.125. The van der Waals surface area contributed by atoms with Gasteiger partial charge in [0.25, 0.3) is 0 Å². The lowest BCUT2D eigenvalue weighted by atomic mass is 10.1. The van der Waals surface area contributed by atoms with Crippen molar-refractivity contribution in [3.63, 3.8) is 0 Å². The van der Waals surface area contributed by atoms with Crippen molar-refractivity contribution in [2.75, 3.05) is 5.73 Å². The second-order valence-electron chi connectivity index (χ2n) is 2.49. The van der Waals surface area contributed by atoms with Crippen LogP contribution < -0.4 is 5.73 Å². The molecule has 0 heterocycles.